The van der Waals surface area contributed by atoms with E-state index in [2.05, 4.69) is 5.32 Å². The predicted octanol–water partition coefficient (Wildman–Crippen LogP) is -0.730. The van der Waals surface area contributed by atoms with Crippen molar-refractivity contribution in [2.45, 2.75) is 19.8 Å². The number of carbonyl (C=O) groups excluding carboxylic acids is 2. The molecule has 1 unspecified atom stereocenters. The molecular formula is C20H25ClKN2O5+. The Kier molecular flexibility index (Phi) is 11.7. The third kappa shape index (κ3) is 6.38. The molecule has 1 aromatic carbocycles. The fourth-order valence-electron chi connectivity index (χ4n) is 3.12. The average Bonchev–Trinajstić information content (AvgIpc) is 2.67. The fourth-order valence-corrected chi connectivity index (χ4v) is 3.36. The molecule has 0 aliphatic carbocycles. The Morgan fingerprint density at radius 2 is 1.90 bits per heavy atom. The van der Waals surface area contributed by atoms with Crippen LogP contribution in [0.25, 0.3) is 0 Å². The molecule has 1 aliphatic heterocycles. The van der Waals surface area contributed by atoms with E-state index in [1.165, 1.54) is 7.11 Å². The summed E-state index contributed by atoms with van der Waals surface area (Å²) >= 11 is 6.42. The van der Waals surface area contributed by atoms with Gasteiger partial charge in [-0.3, -0.25) is 0 Å². The zero-order chi connectivity index (χ0) is 20.7. The summed E-state index contributed by atoms with van der Waals surface area (Å²) in [7, 11) is 1.29. The van der Waals surface area contributed by atoms with E-state index in [-0.39, 0.29) is 70.2 Å². The minimum atomic E-state index is -0.752. The Balaban J connectivity index is 0.00000420. The summed E-state index contributed by atoms with van der Waals surface area (Å²) in [5, 5.41) is 3.52. The number of methoxy groups -OCH3 is 1. The first-order valence-corrected chi connectivity index (χ1v) is 9.32. The number of nitrogens with one attached hydrogen (secondary N) is 1. The van der Waals surface area contributed by atoms with Gasteiger partial charge in [0.15, 0.2) is 0 Å². The van der Waals surface area contributed by atoms with Crippen molar-refractivity contribution < 1.29 is 75.2 Å². The molecule has 3 N–H and O–H groups in total. The summed E-state index contributed by atoms with van der Waals surface area (Å²) in [6.45, 7) is 4.42. The van der Waals surface area contributed by atoms with Gasteiger partial charge in [0.1, 0.15) is 0 Å². The van der Waals surface area contributed by atoms with Crippen molar-refractivity contribution in [2.24, 2.45) is 5.73 Å². The van der Waals surface area contributed by atoms with Gasteiger partial charge in [0.05, 0.1) is 49.7 Å². The van der Waals surface area contributed by atoms with E-state index in [1.807, 2.05) is 0 Å². The van der Waals surface area contributed by atoms with Gasteiger partial charge in [-0.25, -0.2) is 9.59 Å². The second kappa shape index (κ2) is 12.9. The maximum absolute atomic E-state index is 12.9. The summed E-state index contributed by atoms with van der Waals surface area (Å²) in [6, 6.07) is 7.05. The molecule has 152 valence electrons. The number of halogens is 1. The SMILES string of the molecule is CCOC(=O)C1=C(COCCN)NC(C)=C(C(=O)OC)C1c1ccccc1Cl.[K+]. The van der Waals surface area contributed by atoms with Crippen LogP contribution in [0.5, 0.6) is 0 Å². The van der Waals surface area contributed by atoms with Crippen molar-refractivity contribution in [1.29, 1.82) is 0 Å². The summed E-state index contributed by atoms with van der Waals surface area (Å²) in [4.78, 5) is 25.5. The number of allylic oxidation sites excluding steroid dienone is 1. The molecule has 7 nitrogen and oxygen atoms in total. The Labute approximate surface area is 218 Å². The van der Waals surface area contributed by atoms with Gasteiger partial charge in [0.2, 0.25) is 0 Å². The normalized spacial score (nSPS) is 16.1. The first-order valence-electron chi connectivity index (χ1n) is 8.94. The van der Waals surface area contributed by atoms with Gasteiger partial charge in [-0.2, -0.15) is 0 Å². The van der Waals surface area contributed by atoms with E-state index in [0.717, 1.165) is 0 Å². The quantitative estimate of drug-likeness (QED) is 0.308. The van der Waals surface area contributed by atoms with E-state index in [1.54, 1.807) is 38.1 Å². The number of hydrogen-bond donors (Lipinski definition) is 2. The largest absolute Gasteiger partial charge is 1.00 e. The van der Waals surface area contributed by atoms with E-state index in [0.29, 0.717) is 40.7 Å². The van der Waals surface area contributed by atoms with Crippen LogP contribution in [0.3, 0.4) is 0 Å². The van der Waals surface area contributed by atoms with Crippen LogP contribution >= 0.6 is 11.6 Å². The molecule has 0 saturated heterocycles. The zero-order valence-electron chi connectivity index (χ0n) is 17.2. The van der Waals surface area contributed by atoms with Gasteiger partial charge in [0, 0.05) is 17.3 Å². The summed E-state index contributed by atoms with van der Waals surface area (Å²) in [6.07, 6.45) is 0. The van der Waals surface area contributed by atoms with Gasteiger partial charge in [-0.05, 0) is 25.5 Å². The van der Waals surface area contributed by atoms with Crippen molar-refractivity contribution >= 4 is 23.5 Å². The minimum absolute atomic E-state index is 0. The first kappa shape index (κ1) is 26.3. The van der Waals surface area contributed by atoms with Crippen LogP contribution in [0.2, 0.25) is 5.02 Å². The number of carbonyl (C=O) groups is 2. The van der Waals surface area contributed by atoms with Crippen molar-refractivity contribution in [2.75, 3.05) is 33.5 Å². The maximum Gasteiger partial charge on any atom is 1.00 e. The molecule has 0 spiro atoms. The first-order chi connectivity index (χ1) is 13.5. The van der Waals surface area contributed by atoms with E-state index in [4.69, 9.17) is 31.5 Å². The predicted molar refractivity (Wildman–Crippen MR) is 106 cm³/mol. The summed E-state index contributed by atoms with van der Waals surface area (Å²) in [5.41, 5.74) is 7.70. The van der Waals surface area contributed by atoms with Gasteiger partial charge in [0.25, 0.3) is 0 Å². The number of esters is 2. The molecule has 1 heterocycles. The Bertz CT molecular complexity index is 810. The van der Waals surface area contributed by atoms with Crippen LogP contribution in [0.15, 0.2) is 46.8 Å². The third-order valence-corrected chi connectivity index (χ3v) is 4.61. The molecule has 29 heavy (non-hydrogen) atoms. The molecule has 0 saturated carbocycles. The van der Waals surface area contributed by atoms with Gasteiger partial charge in [-0.1, -0.05) is 29.8 Å². The van der Waals surface area contributed by atoms with E-state index >= 15 is 0 Å². The molecular weight excluding hydrogens is 423 g/mol. The summed E-state index contributed by atoms with van der Waals surface area (Å²) in [5.74, 6) is -1.86. The summed E-state index contributed by atoms with van der Waals surface area (Å²) < 4.78 is 15.8. The van der Waals surface area contributed by atoms with Crippen LogP contribution in [0, 0.1) is 0 Å². The van der Waals surface area contributed by atoms with Crippen LogP contribution in [-0.4, -0.2) is 45.4 Å². The number of dihydropyridines is 1. The van der Waals surface area contributed by atoms with Crippen LogP contribution < -0.4 is 62.4 Å². The van der Waals surface area contributed by atoms with Crippen molar-refractivity contribution in [3.8, 4) is 0 Å². The van der Waals surface area contributed by atoms with Gasteiger partial charge >= 0.3 is 63.3 Å². The Hall–Kier alpha value is -0.714. The smallest absolute Gasteiger partial charge is 0.466 e. The number of nitrogens with two attached hydrogens (primary N) is 1. The molecule has 0 fully saturated rings. The van der Waals surface area contributed by atoms with Gasteiger partial charge in [-0.15, -0.1) is 0 Å². The minimum Gasteiger partial charge on any atom is -0.466 e. The van der Waals surface area contributed by atoms with Gasteiger partial charge < -0.3 is 25.3 Å². The Morgan fingerprint density at radius 3 is 2.48 bits per heavy atom. The second-order valence-electron chi connectivity index (χ2n) is 6.06. The molecule has 0 bridgehead atoms. The van der Waals surface area contributed by atoms with E-state index in [9.17, 15) is 9.59 Å². The average molecular weight is 448 g/mol. The number of hydrogen-bond acceptors (Lipinski definition) is 7. The Morgan fingerprint density at radius 1 is 1.21 bits per heavy atom. The van der Waals surface area contributed by atoms with E-state index < -0.39 is 17.9 Å². The zero-order valence-corrected chi connectivity index (χ0v) is 21.1. The van der Waals surface area contributed by atoms with Crippen molar-refractivity contribution in [3.63, 3.8) is 0 Å². The molecule has 1 aliphatic rings. The van der Waals surface area contributed by atoms with Crippen LogP contribution in [0.4, 0.5) is 0 Å². The number of benzene rings is 1. The third-order valence-electron chi connectivity index (χ3n) is 4.27. The maximum atomic E-state index is 12.9. The molecule has 2 rings (SSSR count). The fraction of sp³-hybridized carbons (Fsp3) is 0.400. The monoisotopic (exact) mass is 447 g/mol. The molecule has 1 atom stereocenters. The van der Waals surface area contributed by atoms with Crippen molar-refractivity contribution in [1.82, 2.24) is 5.32 Å². The topological polar surface area (TPSA) is 99.9 Å². The standard InChI is InChI=1S/C20H25ClN2O5.K/c1-4-28-20(25)18-15(11-27-10-9-22)23-12(2)16(19(24)26-3)17(18)13-7-5-6-8-14(13)21;/h5-8,17,23H,4,9-11,22H2,1-3H3;/q;+1. The molecule has 9 heteroatoms. The molecule has 0 radical (unpaired) electrons. The molecule has 1 aromatic rings. The molecule has 0 aromatic heterocycles. The van der Waals surface area contributed by atoms with Crippen LogP contribution in [0.1, 0.15) is 25.3 Å². The number of ether oxygens (including phenoxy) is 3. The van der Waals surface area contributed by atoms with Crippen molar-refractivity contribution in [3.05, 3.63) is 57.4 Å². The second-order valence-corrected chi connectivity index (χ2v) is 6.47. The van der Waals surface area contributed by atoms with Crippen LogP contribution in [-0.2, 0) is 23.8 Å². The molecule has 0 amide bonds. The number of rotatable bonds is 8.